The van der Waals surface area contributed by atoms with Gasteiger partial charge in [-0.2, -0.15) is 0 Å². The van der Waals surface area contributed by atoms with E-state index in [9.17, 15) is 0 Å². The van der Waals surface area contributed by atoms with Crippen LogP contribution < -0.4 is 10.1 Å². The van der Waals surface area contributed by atoms with Crippen LogP contribution in [0.2, 0.25) is 0 Å². The van der Waals surface area contributed by atoms with E-state index in [4.69, 9.17) is 14.2 Å². The molecule has 0 radical (unpaired) electrons. The van der Waals surface area contributed by atoms with E-state index in [0.29, 0.717) is 26.4 Å². The Morgan fingerprint density at radius 1 is 1.10 bits per heavy atom. The van der Waals surface area contributed by atoms with Crippen LogP contribution in [0.4, 0.5) is 0 Å². The molecule has 1 aromatic rings. The minimum Gasteiger partial charge on any atom is -0.493 e. The van der Waals surface area contributed by atoms with Gasteiger partial charge in [0.1, 0.15) is 5.75 Å². The average molecular weight is 281 g/mol. The van der Waals surface area contributed by atoms with Crippen LogP contribution in [0.25, 0.3) is 0 Å². The topological polar surface area (TPSA) is 39.7 Å². The van der Waals surface area contributed by atoms with Crippen molar-refractivity contribution < 1.29 is 14.2 Å². The quantitative estimate of drug-likeness (QED) is 0.598. The SMILES string of the molecule is CCCNCc1cccc(OCCCOCCOC)c1. The molecule has 1 aromatic carbocycles. The predicted octanol–water partition coefficient (Wildman–Crippen LogP) is 2.62. The second-order valence-corrected chi connectivity index (χ2v) is 4.63. The minimum atomic E-state index is 0.646. The number of benzene rings is 1. The van der Waals surface area contributed by atoms with E-state index >= 15 is 0 Å². The van der Waals surface area contributed by atoms with Crippen LogP contribution in [0.5, 0.6) is 5.75 Å². The lowest BCUT2D eigenvalue weighted by molar-refractivity contribution is 0.0644. The molecule has 114 valence electrons. The van der Waals surface area contributed by atoms with Crippen molar-refractivity contribution in [2.45, 2.75) is 26.3 Å². The van der Waals surface area contributed by atoms with Crippen LogP contribution in [0.3, 0.4) is 0 Å². The lowest BCUT2D eigenvalue weighted by atomic mass is 10.2. The molecule has 0 saturated carbocycles. The van der Waals surface area contributed by atoms with Crippen molar-refractivity contribution in [3.05, 3.63) is 29.8 Å². The second-order valence-electron chi connectivity index (χ2n) is 4.63. The first-order chi connectivity index (χ1) is 9.86. The Balaban J connectivity index is 2.14. The number of hydrogen-bond donors (Lipinski definition) is 1. The number of hydrogen-bond acceptors (Lipinski definition) is 4. The van der Waals surface area contributed by atoms with E-state index < -0.39 is 0 Å². The second kappa shape index (κ2) is 11.7. The Morgan fingerprint density at radius 3 is 2.80 bits per heavy atom. The third-order valence-electron chi connectivity index (χ3n) is 2.79. The zero-order valence-corrected chi connectivity index (χ0v) is 12.7. The first-order valence-electron chi connectivity index (χ1n) is 7.36. The van der Waals surface area contributed by atoms with E-state index in [0.717, 1.165) is 31.7 Å². The smallest absolute Gasteiger partial charge is 0.119 e. The highest BCUT2D eigenvalue weighted by molar-refractivity contribution is 5.28. The monoisotopic (exact) mass is 281 g/mol. The zero-order chi connectivity index (χ0) is 14.5. The lowest BCUT2D eigenvalue weighted by Crippen LogP contribution is -2.13. The van der Waals surface area contributed by atoms with E-state index in [1.54, 1.807) is 7.11 Å². The van der Waals surface area contributed by atoms with Crippen molar-refractivity contribution in [2.75, 3.05) is 40.1 Å². The van der Waals surface area contributed by atoms with Crippen molar-refractivity contribution in [3.63, 3.8) is 0 Å². The molecule has 4 nitrogen and oxygen atoms in total. The zero-order valence-electron chi connectivity index (χ0n) is 12.7. The van der Waals surface area contributed by atoms with Gasteiger partial charge in [-0.15, -0.1) is 0 Å². The fourth-order valence-corrected chi connectivity index (χ4v) is 1.75. The first kappa shape index (κ1) is 17.0. The van der Waals surface area contributed by atoms with Gasteiger partial charge in [-0.3, -0.25) is 0 Å². The lowest BCUT2D eigenvalue weighted by Gasteiger charge is -2.09. The Bertz CT molecular complexity index is 344. The summed E-state index contributed by atoms with van der Waals surface area (Å²) in [6.07, 6.45) is 2.04. The largest absolute Gasteiger partial charge is 0.493 e. The number of rotatable bonds is 12. The van der Waals surface area contributed by atoms with Crippen molar-refractivity contribution >= 4 is 0 Å². The highest BCUT2D eigenvalue weighted by Gasteiger charge is 1.97. The summed E-state index contributed by atoms with van der Waals surface area (Å²) in [6.45, 7) is 6.79. The van der Waals surface area contributed by atoms with Crippen LogP contribution in [0.15, 0.2) is 24.3 Å². The molecule has 0 atom stereocenters. The van der Waals surface area contributed by atoms with Gasteiger partial charge in [0, 0.05) is 26.7 Å². The molecule has 0 unspecified atom stereocenters. The fraction of sp³-hybridized carbons (Fsp3) is 0.625. The molecule has 20 heavy (non-hydrogen) atoms. The Morgan fingerprint density at radius 2 is 2.00 bits per heavy atom. The standard InChI is InChI=1S/C16H27NO3/c1-3-8-17-14-15-6-4-7-16(13-15)20-10-5-9-19-12-11-18-2/h4,6-7,13,17H,3,5,8-12,14H2,1-2H3. The number of ether oxygens (including phenoxy) is 3. The van der Waals surface area contributed by atoms with Crippen LogP contribution >= 0.6 is 0 Å². The van der Waals surface area contributed by atoms with E-state index in [2.05, 4.69) is 24.4 Å². The molecule has 0 aliphatic rings. The van der Waals surface area contributed by atoms with Gasteiger partial charge in [-0.25, -0.2) is 0 Å². The van der Waals surface area contributed by atoms with E-state index in [-0.39, 0.29) is 0 Å². The molecule has 0 aliphatic heterocycles. The molecule has 0 heterocycles. The fourth-order valence-electron chi connectivity index (χ4n) is 1.75. The third kappa shape index (κ3) is 8.15. The maximum Gasteiger partial charge on any atom is 0.119 e. The van der Waals surface area contributed by atoms with Crippen LogP contribution in [-0.2, 0) is 16.0 Å². The van der Waals surface area contributed by atoms with Crippen LogP contribution in [-0.4, -0.2) is 40.1 Å². The summed E-state index contributed by atoms with van der Waals surface area (Å²) in [6, 6.07) is 8.24. The van der Waals surface area contributed by atoms with Crippen LogP contribution in [0, 0.1) is 0 Å². The summed E-state index contributed by atoms with van der Waals surface area (Å²) in [5, 5.41) is 3.39. The van der Waals surface area contributed by atoms with Crippen molar-refractivity contribution in [1.29, 1.82) is 0 Å². The summed E-state index contributed by atoms with van der Waals surface area (Å²) < 4.78 is 16.0. The van der Waals surface area contributed by atoms with Gasteiger partial charge in [-0.1, -0.05) is 19.1 Å². The normalized spacial score (nSPS) is 10.7. The molecule has 1 N–H and O–H groups in total. The summed E-state index contributed by atoms with van der Waals surface area (Å²) in [4.78, 5) is 0. The predicted molar refractivity (Wildman–Crippen MR) is 81.2 cm³/mol. The highest BCUT2D eigenvalue weighted by atomic mass is 16.5. The molecule has 0 amide bonds. The maximum atomic E-state index is 5.72. The summed E-state index contributed by atoms with van der Waals surface area (Å²) in [5.74, 6) is 0.928. The molecule has 0 fully saturated rings. The first-order valence-corrected chi connectivity index (χ1v) is 7.36. The number of nitrogens with one attached hydrogen (secondary N) is 1. The van der Waals surface area contributed by atoms with Gasteiger partial charge in [0.15, 0.2) is 0 Å². The van der Waals surface area contributed by atoms with Gasteiger partial charge in [-0.05, 0) is 30.7 Å². The summed E-state index contributed by atoms with van der Waals surface area (Å²) in [7, 11) is 1.68. The van der Waals surface area contributed by atoms with E-state index in [1.807, 2.05) is 12.1 Å². The van der Waals surface area contributed by atoms with Gasteiger partial charge in [0.25, 0.3) is 0 Å². The summed E-state index contributed by atoms with van der Waals surface area (Å²) >= 11 is 0. The Labute approximate surface area is 122 Å². The van der Waals surface area contributed by atoms with E-state index in [1.165, 1.54) is 5.56 Å². The molecule has 0 aliphatic carbocycles. The van der Waals surface area contributed by atoms with Crippen molar-refractivity contribution in [2.24, 2.45) is 0 Å². The third-order valence-corrected chi connectivity index (χ3v) is 2.79. The van der Waals surface area contributed by atoms with Crippen molar-refractivity contribution in [3.8, 4) is 5.75 Å². The van der Waals surface area contributed by atoms with Gasteiger partial charge < -0.3 is 19.5 Å². The molecule has 0 aromatic heterocycles. The molecular formula is C16H27NO3. The van der Waals surface area contributed by atoms with Gasteiger partial charge in [0.05, 0.1) is 19.8 Å². The molecule has 1 rings (SSSR count). The van der Waals surface area contributed by atoms with Crippen molar-refractivity contribution in [1.82, 2.24) is 5.32 Å². The average Bonchev–Trinajstić information content (AvgIpc) is 2.47. The maximum absolute atomic E-state index is 5.72. The van der Waals surface area contributed by atoms with Gasteiger partial charge in [0.2, 0.25) is 0 Å². The molecule has 0 bridgehead atoms. The number of methoxy groups -OCH3 is 1. The van der Waals surface area contributed by atoms with Gasteiger partial charge >= 0.3 is 0 Å². The molecule has 0 spiro atoms. The Hall–Kier alpha value is -1.10. The Kier molecular flexibility index (Phi) is 9.92. The van der Waals surface area contributed by atoms with Crippen LogP contribution in [0.1, 0.15) is 25.3 Å². The molecule has 4 heteroatoms. The summed E-state index contributed by atoms with van der Waals surface area (Å²) in [5.41, 5.74) is 1.26. The minimum absolute atomic E-state index is 0.646. The molecular weight excluding hydrogens is 254 g/mol. The highest BCUT2D eigenvalue weighted by Crippen LogP contribution is 2.13. The molecule has 0 saturated heterocycles.